The molecule has 0 amide bonds. The Kier molecular flexibility index (Phi) is 4.22. The summed E-state index contributed by atoms with van der Waals surface area (Å²) in [5.74, 6) is 0.425. The van der Waals surface area contributed by atoms with Crippen molar-refractivity contribution in [2.24, 2.45) is 5.92 Å². The molecule has 1 aromatic rings. The fraction of sp³-hybridized carbons (Fsp3) is 0.500. The highest BCUT2D eigenvalue weighted by atomic mass is 16.6. The number of esters is 1. The lowest BCUT2D eigenvalue weighted by Gasteiger charge is -2.24. The highest BCUT2D eigenvalue weighted by Crippen LogP contribution is 2.31. The lowest BCUT2D eigenvalue weighted by Crippen LogP contribution is -2.33. The average molecular weight is 279 g/mol. The molecule has 1 aromatic carbocycles. The third kappa shape index (κ3) is 3.26. The lowest BCUT2D eigenvalue weighted by molar-refractivity contribution is -0.385. The van der Waals surface area contributed by atoms with E-state index in [1.165, 1.54) is 18.2 Å². The van der Waals surface area contributed by atoms with Crippen LogP contribution >= 0.6 is 0 Å². The minimum Gasteiger partial charge on any atom is -0.478 e. The molecule has 1 unspecified atom stereocenters. The highest BCUT2D eigenvalue weighted by Gasteiger charge is 2.28. The van der Waals surface area contributed by atoms with Gasteiger partial charge in [0, 0.05) is 17.7 Å². The molecule has 6 nitrogen and oxygen atoms in total. The summed E-state index contributed by atoms with van der Waals surface area (Å²) >= 11 is 0. The second kappa shape index (κ2) is 5.90. The quantitative estimate of drug-likeness (QED) is 0.480. The molecule has 0 N–H and O–H groups in total. The van der Waals surface area contributed by atoms with Gasteiger partial charge in [0.25, 0.3) is 5.69 Å². The number of hydrogen-bond acceptors (Lipinski definition) is 5. The number of non-ortho nitro benzene ring substituents is 1. The van der Waals surface area contributed by atoms with Crippen LogP contribution in [0.2, 0.25) is 0 Å². The average Bonchev–Trinajstić information content (AvgIpc) is 2.43. The molecule has 0 saturated carbocycles. The standard InChI is InChI=1S/C14H17NO5/c1-9(2)8-19-14(16)13-5-3-10-7-11(15(17)18)4-6-12(10)20-13/h4,6-7,9,13H,3,5,8H2,1-2H3. The monoisotopic (exact) mass is 279 g/mol. The predicted molar refractivity (Wildman–Crippen MR) is 71.6 cm³/mol. The molecule has 0 aromatic heterocycles. The number of nitro groups is 1. The number of benzene rings is 1. The zero-order chi connectivity index (χ0) is 14.7. The summed E-state index contributed by atoms with van der Waals surface area (Å²) in [4.78, 5) is 22.1. The molecule has 0 aliphatic carbocycles. The maximum absolute atomic E-state index is 11.8. The first-order valence-electron chi connectivity index (χ1n) is 6.58. The van der Waals surface area contributed by atoms with Gasteiger partial charge in [-0.25, -0.2) is 4.79 Å². The topological polar surface area (TPSA) is 78.7 Å². The maximum Gasteiger partial charge on any atom is 0.347 e. The van der Waals surface area contributed by atoms with Gasteiger partial charge in [-0.2, -0.15) is 0 Å². The van der Waals surface area contributed by atoms with Gasteiger partial charge >= 0.3 is 5.97 Å². The van der Waals surface area contributed by atoms with Gasteiger partial charge in [-0.3, -0.25) is 10.1 Å². The number of nitro benzene ring substituents is 1. The number of aryl methyl sites for hydroxylation is 1. The van der Waals surface area contributed by atoms with Crippen LogP contribution in [0.3, 0.4) is 0 Å². The van der Waals surface area contributed by atoms with Crippen LogP contribution < -0.4 is 4.74 Å². The molecule has 1 heterocycles. The fourth-order valence-electron chi connectivity index (χ4n) is 2.00. The van der Waals surface area contributed by atoms with Gasteiger partial charge in [0.2, 0.25) is 0 Å². The largest absolute Gasteiger partial charge is 0.478 e. The van der Waals surface area contributed by atoms with Gasteiger partial charge in [0.15, 0.2) is 6.10 Å². The van der Waals surface area contributed by atoms with Crippen LogP contribution in [0.4, 0.5) is 5.69 Å². The number of hydrogen-bond donors (Lipinski definition) is 0. The smallest absolute Gasteiger partial charge is 0.347 e. The zero-order valence-electron chi connectivity index (χ0n) is 11.5. The summed E-state index contributed by atoms with van der Waals surface area (Å²) < 4.78 is 10.7. The predicted octanol–water partition coefficient (Wildman–Crippen LogP) is 2.49. The van der Waals surface area contributed by atoms with E-state index < -0.39 is 11.0 Å². The second-order valence-electron chi connectivity index (χ2n) is 5.22. The minimum atomic E-state index is -0.622. The summed E-state index contributed by atoms with van der Waals surface area (Å²) in [6, 6.07) is 4.40. The van der Waals surface area contributed by atoms with Crippen LogP contribution in [0.5, 0.6) is 5.75 Å². The second-order valence-corrected chi connectivity index (χ2v) is 5.22. The van der Waals surface area contributed by atoms with E-state index in [2.05, 4.69) is 0 Å². The lowest BCUT2D eigenvalue weighted by atomic mass is 10.0. The Bertz CT molecular complexity index is 526. The summed E-state index contributed by atoms with van der Waals surface area (Å²) in [6.45, 7) is 4.29. The number of ether oxygens (including phenoxy) is 2. The van der Waals surface area contributed by atoms with Gasteiger partial charge in [-0.1, -0.05) is 13.8 Å². The summed E-state index contributed by atoms with van der Waals surface area (Å²) in [5.41, 5.74) is 0.792. The molecule has 0 saturated heterocycles. The van der Waals surface area contributed by atoms with Crippen molar-refractivity contribution < 1.29 is 19.2 Å². The number of fused-ring (bicyclic) bond motifs is 1. The molecule has 1 aliphatic heterocycles. The Labute approximate surface area is 116 Å². The van der Waals surface area contributed by atoms with Gasteiger partial charge in [0.1, 0.15) is 5.75 Å². The van der Waals surface area contributed by atoms with Crippen LogP contribution in [0.15, 0.2) is 18.2 Å². The van der Waals surface area contributed by atoms with Crippen LogP contribution in [0.1, 0.15) is 25.8 Å². The van der Waals surface area contributed by atoms with Gasteiger partial charge in [0.05, 0.1) is 11.5 Å². The number of carbonyl (C=O) groups excluding carboxylic acids is 1. The molecule has 6 heteroatoms. The van der Waals surface area contributed by atoms with Crippen molar-refractivity contribution in [3.8, 4) is 5.75 Å². The van der Waals surface area contributed by atoms with Gasteiger partial charge in [-0.15, -0.1) is 0 Å². The minimum absolute atomic E-state index is 0.0354. The SMILES string of the molecule is CC(C)COC(=O)C1CCc2cc([N+](=O)[O-])ccc2O1. The van der Waals surface area contributed by atoms with Crippen molar-refractivity contribution in [3.63, 3.8) is 0 Å². The molecule has 0 spiro atoms. The Balaban J connectivity index is 2.04. The molecule has 1 aliphatic rings. The molecular formula is C14H17NO5. The van der Waals surface area contributed by atoms with Crippen molar-refractivity contribution >= 4 is 11.7 Å². The molecule has 108 valence electrons. The van der Waals surface area contributed by atoms with E-state index in [1.807, 2.05) is 13.8 Å². The van der Waals surface area contributed by atoms with Crippen LogP contribution in [0.25, 0.3) is 0 Å². The van der Waals surface area contributed by atoms with E-state index in [4.69, 9.17) is 9.47 Å². The molecule has 0 bridgehead atoms. The number of rotatable bonds is 4. The molecule has 0 radical (unpaired) electrons. The van der Waals surface area contributed by atoms with Crippen molar-refractivity contribution in [2.45, 2.75) is 32.8 Å². The van der Waals surface area contributed by atoms with E-state index in [9.17, 15) is 14.9 Å². The Morgan fingerprint density at radius 1 is 1.55 bits per heavy atom. The van der Waals surface area contributed by atoms with Crippen LogP contribution in [-0.2, 0) is 16.0 Å². The third-order valence-electron chi connectivity index (χ3n) is 3.02. The summed E-state index contributed by atoms with van der Waals surface area (Å²) in [6.07, 6.45) is 0.423. The number of nitrogens with zero attached hydrogens (tertiary/aromatic N) is 1. The van der Waals surface area contributed by atoms with E-state index in [1.54, 1.807) is 0 Å². The van der Waals surface area contributed by atoms with Gasteiger partial charge in [-0.05, 0) is 24.8 Å². The molecule has 2 rings (SSSR count). The zero-order valence-corrected chi connectivity index (χ0v) is 11.5. The molecule has 20 heavy (non-hydrogen) atoms. The Hall–Kier alpha value is -2.11. The third-order valence-corrected chi connectivity index (χ3v) is 3.02. The van der Waals surface area contributed by atoms with Crippen molar-refractivity contribution in [3.05, 3.63) is 33.9 Å². The van der Waals surface area contributed by atoms with Crippen molar-refractivity contribution in [1.82, 2.24) is 0 Å². The van der Waals surface area contributed by atoms with Crippen molar-refractivity contribution in [1.29, 1.82) is 0 Å². The number of carbonyl (C=O) groups is 1. The maximum atomic E-state index is 11.8. The normalized spacial score (nSPS) is 17.2. The fourth-order valence-corrected chi connectivity index (χ4v) is 2.00. The Morgan fingerprint density at radius 2 is 2.30 bits per heavy atom. The summed E-state index contributed by atoms with van der Waals surface area (Å²) in [5, 5.41) is 10.7. The van der Waals surface area contributed by atoms with E-state index >= 15 is 0 Å². The molecule has 1 atom stereocenters. The van der Waals surface area contributed by atoms with Gasteiger partial charge < -0.3 is 9.47 Å². The first-order chi connectivity index (χ1) is 9.47. The Morgan fingerprint density at radius 3 is 2.95 bits per heavy atom. The first-order valence-corrected chi connectivity index (χ1v) is 6.58. The first kappa shape index (κ1) is 14.3. The van der Waals surface area contributed by atoms with Crippen LogP contribution in [-0.4, -0.2) is 23.6 Å². The van der Waals surface area contributed by atoms with Crippen molar-refractivity contribution in [2.75, 3.05) is 6.61 Å². The molecular weight excluding hydrogens is 262 g/mol. The summed E-state index contributed by atoms with van der Waals surface area (Å²) in [7, 11) is 0. The van der Waals surface area contributed by atoms with E-state index in [0.717, 1.165) is 5.56 Å². The van der Waals surface area contributed by atoms with Crippen LogP contribution in [0, 0.1) is 16.0 Å². The molecule has 0 fully saturated rings. The van der Waals surface area contributed by atoms with E-state index in [-0.39, 0.29) is 17.6 Å². The highest BCUT2D eigenvalue weighted by molar-refractivity contribution is 5.75. The van der Waals surface area contributed by atoms with E-state index in [0.29, 0.717) is 25.2 Å².